The molecule has 178 valence electrons. The predicted octanol–water partition coefficient (Wildman–Crippen LogP) is -0.669. The highest BCUT2D eigenvalue weighted by Crippen LogP contribution is 2.66. The molecule has 0 saturated carbocycles. The zero-order chi connectivity index (χ0) is 23.9. The van der Waals surface area contributed by atoms with Crippen molar-refractivity contribution < 1.29 is 60.6 Å². The average Bonchev–Trinajstić information content (AvgIpc) is 2.83. The average molecular weight is 513 g/mol. The van der Waals surface area contributed by atoms with Crippen LogP contribution in [0.1, 0.15) is 13.3 Å². The van der Waals surface area contributed by atoms with Gasteiger partial charge in [-0.2, -0.15) is 13.6 Å². The molecule has 0 aliphatic carbocycles. The van der Waals surface area contributed by atoms with Crippen molar-refractivity contribution in [1.29, 1.82) is 0 Å². The van der Waals surface area contributed by atoms with E-state index >= 15 is 4.39 Å². The number of halogens is 1. The number of nitrogens with two attached hydrogens (primary N) is 1. The van der Waals surface area contributed by atoms with Gasteiger partial charge in [-0.15, -0.1) is 0 Å². The molecule has 1 aliphatic rings. The predicted molar refractivity (Wildman–Crippen MR) is 96.8 cm³/mol. The van der Waals surface area contributed by atoms with E-state index in [9.17, 15) is 28.5 Å². The maximum Gasteiger partial charge on any atom is 0.490 e. The molecule has 0 aromatic carbocycles. The summed E-state index contributed by atoms with van der Waals surface area (Å²) in [6.45, 7) is -0.677. The maximum atomic E-state index is 15.5. The molecule has 1 saturated heterocycles. The molecule has 0 amide bonds. The van der Waals surface area contributed by atoms with Crippen LogP contribution in [0.4, 0.5) is 10.2 Å². The minimum atomic E-state index is -5.77. The first kappa shape index (κ1) is 26.2. The Labute approximate surface area is 172 Å². The van der Waals surface area contributed by atoms with Crippen LogP contribution < -0.4 is 11.4 Å². The molecular weight excluding hydrogens is 494 g/mol. The summed E-state index contributed by atoms with van der Waals surface area (Å²) >= 11 is 0. The van der Waals surface area contributed by atoms with Crippen LogP contribution in [-0.2, 0) is 37.4 Å². The van der Waals surface area contributed by atoms with Crippen LogP contribution in [0.25, 0.3) is 0 Å². The van der Waals surface area contributed by atoms with E-state index in [1.165, 1.54) is 6.92 Å². The summed E-state index contributed by atoms with van der Waals surface area (Å²) in [6.07, 6.45) is -1.53. The van der Waals surface area contributed by atoms with E-state index in [2.05, 4.69) is 18.1 Å². The second-order valence-electron chi connectivity index (χ2n) is 6.30. The monoisotopic (exact) mass is 513 g/mol. The summed E-state index contributed by atoms with van der Waals surface area (Å²) in [5.41, 5.74) is 2.12. The number of nitrogen functional groups attached to an aromatic ring is 1. The molecule has 31 heavy (non-hydrogen) atoms. The lowest BCUT2D eigenvalue weighted by Crippen LogP contribution is -2.53. The lowest BCUT2D eigenvalue weighted by atomic mass is 9.91. The fourth-order valence-electron chi connectivity index (χ4n) is 2.72. The largest absolute Gasteiger partial charge is 0.490 e. The van der Waals surface area contributed by atoms with Crippen LogP contribution in [0.3, 0.4) is 0 Å². The number of hydrogen-bond donors (Lipinski definition) is 6. The number of alkyl halides is 1. The summed E-state index contributed by atoms with van der Waals surface area (Å²) in [7, 11) is -16.9. The van der Waals surface area contributed by atoms with Gasteiger partial charge in [0.25, 0.3) is 0 Å². The van der Waals surface area contributed by atoms with Gasteiger partial charge >= 0.3 is 29.2 Å². The molecule has 20 heteroatoms. The van der Waals surface area contributed by atoms with E-state index < -0.39 is 59.9 Å². The Balaban J connectivity index is 2.22. The minimum Gasteiger partial charge on any atom is -0.385 e. The van der Waals surface area contributed by atoms with Crippen LogP contribution in [-0.4, -0.2) is 59.2 Å². The third kappa shape index (κ3) is 6.05. The van der Waals surface area contributed by atoms with Gasteiger partial charge in [0.2, 0.25) is 5.79 Å². The number of aromatic nitrogens is 2. The molecule has 1 aromatic rings. The third-order valence-corrected chi connectivity index (χ3v) is 7.97. The van der Waals surface area contributed by atoms with Gasteiger partial charge in [0, 0.05) is 6.20 Å². The first-order chi connectivity index (χ1) is 14.0. The Morgan fingerprint density at radius 2 is 1.90 bits per heavy atom. The number of aliphatic hydroxyl groups excluding tert-OH is 1. The van der Waals surface area contributed by atoms with E-state index in [4.69, 9.17) is 25.2 Å². The molecule has 7 N–H and O–H groups in total. The van der Waals surface area contributed by atoms with Crippen LogP contribution >= 0.6 is 23.5 Å². The molecular formula is C11H19FN3O13P3. The summed E-state index contributed by atoms with van der Waals surface area (Å²) in [6, 6.07) is 1.08. The van der Waals surface area contributed by atoms with Crippen molar-refractivity contribution in [1.82, 2.24) is 9.55 Å². The van der Waals surface area contributed by atoms with Gasteiger partial charge in [-0.3, -0.25) is 9.09 Å². The van der Waals surface area contributed by atoms with Crippen LogP contribution in [0, 0.1) is 0 Å². The van der Waals surface area contributed by atoms with Gasteiger partial charge in [-0.05, 0) is 12.5 Å². The number of nitrogens with zero attached hydrogens (tertiary/aromatic N) is 2. The van der Waals surface area contributed by atoms with Gasteiger partial charge in [0.15, 0.2) is 0 Å². The van der Waals surface area contributed by atoms with Crippen LogP contribution in [0.5, 0.6) is 0 Å². The highest BCUT2D eigenvalue weighted by molar-refractivity contribution is 7.66. The van der Waals surface area contributed by atoms with Crippen molar-refractivity contribution in [3.05, 3.63) is 22.7 Å². The first-order valence-corrected chi connectivity index (χ1v) is 12.6. The first-order valence-electron chi connectivity index (χ1n) is 8.10. The number of hydrogen-bond acceptors (Lipinski definition) is 11. The van der Waals surface area contributed by atoms with Gasteiger partial charge < -0.3 is 35.2 Å². The normalized spacial score (nSPS) is 30.6. The highest BCUT2D eigenvalue weighted by Gasteiger charge is 2.61. The van der Waals surface area contributed by atoms with Crippen molar-refractivity contribution in [3.8, 4) is 0 Å². The molecule has 1 aromatic heterocycles. The van der Waals surface area contributed by atoms with Crippen molar-refractivity contribution in [2.45, 2.75) is 30.8 Å². The van der Waals surface area contributed by atoms with Gasteiger partial charge in [-0.1, -0.05) is 6.92 Å². The SMILES string of the molecule is CC[C@]1(COP(=O)(O)OP(=O)(O)OP(=O)(O)O)OC[C@@](F)(n2ccc(N)nc2=O)[C@@H]1O. The molecule has 2 heterocycles. The summed E-state index contributed by atoms with van der Waals surface area (Å²) in [4.78, 5) is 51.0. The van der Waals surface area contributed by atoms with Gasteiger partial charge in [-0.25, -0.2) is 22.9 Å². The van der Waals surface area contributed by atoms with Crippen molar-refractivity contribution in [2.24, 2.45) is 0 Å². The smallest absolute Gasteiger partial charge is 0.385 e. The van der Waals surface area contributed by atoms with E-state index in [0.29, 0.717) is 4.57 Å². The topological polar surface area (TPSA) is 250 Å². The standard InChI is InChI=1S/C11H19FN3O13P3/c1-2-10(5-26-30(21,22)28-31(23,24)27-29(18,19)20)8(16)11(12,6-25-10)15-4-3-7(13)14-9(15)17/h3-4,8,16H,2,5-6H2,1H3,(H,21,22)(H,23,24)(H2,13,14,17)(H2,18,19,20)/t8-,10-,11-/m1/s1. The zero-order valence-corrected chi connectivity index (χ0v) is 18.2. The molecule has 5 atom stereocenters. The lowest BCUT2D eigenvalue weighted by Gasteiger charge is -2.33. The van der Waals surface area contributed by atoms with Crippen molar-refractivity contribution in [3.63, 3.8) is 0 Å². The Morgan fingerprint density at radius 1 is 1.29 bits per heavy atom. The fraction of sp³-hybridized carbons (Fsp3) is 0.636. The number of aliphatic hydroxyl groups is 1. The Kier molecular flexibility index (Phi) is 7.36. The van der Waals surface area contributed by atoms with Crippen LogP contribution in [0.2, 0.25) is 0 Å². The fourth-order valence-corrected chi connectivity index (χ4v) is 5.79. The zero-order valence-electron chi connectivity index (χ0n) is 15.5. The molecule has 16 nitrogen and oxygen atoms in total. The second-order valence-corrected chi connectivity index (χ2v) is 10.7. The van der Waals surface area contributed by atoms with E-state index in [-0.39, 0.29) is 12.2 Å². The molecule has 0 spiro atoms. The lowest BCUT2D eigenvalue weighted by molar-refractivity contribution is -0.107. The van der Waals surface area contributed by atoms with Gasteiger partial charge in [0.1, 0.15) is 24.1 Å². The van der Waals surface area contributed by atoms with Gasteiger partial charge in [0.05, 0.1) is 6.61 Å². The Hall–Kier alpha value is -1.06. The van der Waals surface area contributed by atoms with Crippen LogP contribution in [0.15, 0.2) is 17.1 Å². The summed E-state index contributed by atoms with van der Waals surface area (Å²) < 4.78 is 66.6. The molecule has 0 radical (unpaired) electrons. The van der Waals surface area contributed by atoms with Crippen molar-refractivity contribution >= 4 is 29.3 Å². The third-order valence-electron chi connectivity index (χ3n) is 4.19. The molecule has 0 bridgehead atoms. The summed E-state index contributed by atoms with van der Waals surface area (Å²) in [5.74, 6) is -3.11. The number of rotatable bonds is 9. The number of ether oxygens (including phenoxy) is 1. The summed E-state index contributed by atoms with van der Waals surface area (Å²) in [5, 5.41) is 10.5. The number of anilines is 1. The minimum absolute atomic E-state index is 0.215. The number of phosphoric ester groups is 1. The Bertz CT molecular complexity index is 1030. The van der Waals surface area contributed by atoms with E-state index in [0.717, 1.165) is 12.3 Å². The Morgan fingerprint density at radius 3 is 2.42 bits per heavy atom. The van der Waals surface area contributed by atoms with E-state index in [1.807, 2.05) is 0 Å². The van der Waals surface area contributed by atoms with Crippen molar-refractivity contribution in [2.75, 3.05) is 18.9 Å². The molecule has 1 fully saturated rings. The quantitative estimate of drug-likeness (QED) is 0.224. The second kappa shape index (κ2) is 8.71. The molecule has 2 rings (SSSR count). The van der Waals surface area contributed by atoms with E-state index in [1.54, 1.807) is 0 Å². The number of phosphoric acid groups is 3. The highest BCUT2D eigenvalue weighted by atomic mass is 31.3. The molecule has 2 unspecified atom stereocenters. The molecule has 1 aliphatic heterocycles. The maximum absolute atomic E-state index is 15.5.